The van der Waals surface area contributed by atoms with Crippen molar-refractivity contribution in [3.8, 4) is 0 Å². The minimum absolute atomic E-state index is 0.155. The maximum absolute atomic E-state index is 12.6. The number of hydrogen-bond donors (Lipinski definition) is 0. The van der Waals surface area contributed by atoms with E-state index in [9.17, 15) is 4.79 Å². The first-order valence-corrected chi connectivity index (χ1v) is 7.13. The molecule has 114 valence electrons. The summed E-state index contributed by atoms with van der Waals surface area (Å²) >= 11 is 0. The molecular weight excluding hydrogens is 262 g/mol. The number of hydrogen-bond acceptors (Lipinski definition) is 3. The van der Waals surface area contributed by atoms with E-state index in [-0.39, 0.29) is 5.92 Å². The van der Waals surface area contributed by atoms with Crippen LogP contribution in [0.25, 0.3) is 0 Å². The lowest BCUT2D eigenvalue weighted by molar-refractivity contribution is -0.175. The molecule has 2 atom stereocenters. The van der Waals surface area contributed by atoms with Crippen molar-refractivity contribution in [2.24, 2.45) is 5.92 Å². The van der Waals surface area contributed by atoms with E-state index in [0.29, 0.717) is 25.9 Å². The van der Waals surface area contributed by atoms with Crippen molar-refractivity contribution in [2.75, 3.05) is 20.1 Å². The van der Waals surface area contributed by atoms with Crippen molar-refractivity contribution >= 4 is 5.97 Å². The molecule has 0 saturated carbocycles. The number of carbonyl (C=O) groups excluding carboxylic acids is 1. The number of benzene rings is 1. The van der Waals surface area contributed by atoms with Crippen molar-refractivity contribution < 1.29 is 16.4 Å². The van der Waals surface area contributed by atoms with E-state index in [1.807, 2.05) is 37.4 Å². The molecule has 1 aromatic carbocycles. The molecule has 2 unspecified atom stereocenters. The summed E-state index contributed by atoms with van der Waals surface area (Å²) in [7, 11) is 1.97. The van der Waals surface area contributed by atoms with E-state index < -0.39 is 24.8 Å². The molecule has 3 heteroatoms. The Morgan fingerprint density at radius 1 is 1.62 bits per heavy atom. The van der Waals surface area contributed by atoms with Gasteiger partial charge < -0.3 is 9.64 Å². The molecule has 0 radical (unpaired) electrons. The molecule has 1 aromatic rings. The van der Waals surface area contributed by atoms with Crippen molar-refractivity contribution in [1.82, 2.24) is 4.90 Å². The minimum Gasteiger partial charge on any atom is -0.454 e. The van der Waals surface area contributed by atoms with Crippen LogP contribution in [-0.2, 0) is 15.1 Å². The van der Waals surface area contributed by atoms with Gasteiger partial charge in [-0.05, 0) is 19.0 Å². The van der Waals surface area contributed by atoms with Crippen LogP contribution in [0.1, 0.15) is 38.5 Å². The molecular formula is C18H25NO2. The molecule has 21 heavy (non-hydrogen) atoms. The average molecular weight is 292 g/mol. The van der Waals surface area contributed by atoms with Gasteiger partial charge in [-0.25, -0.2) is 0 Å². The van der Waals surface area contributed by atoms with Crippen molar-refractivity contribution in [3.05, 3.63) is 48.6 Å². The molecule has 0 aliphatic carbocycles. The van der Waals surface area contributed by atoms with E-state index in [1.165, 1.54) is 0 Å². The lowest BCUT2D eigenvalue weighted by atomic mass is 9.74. The summed E-state index contributed by atoms with van der Waals surface area (Å²) in [6.07, 6.45) is -0.317. The van der Waals surface area contributed by atoms with Crippen LogP contribution in [0.4, 0.5) is 0 Å². The highest BCUT2D eigenvalue weighted by atomic mass is 16.6. The van der Waals surface area contributed by atoms with Gasteiger partial charge in [0.05, 0.1) is 0 Å². The summed E-state index contributed by atoms with van der Waals surface area (Å²) in [6, 6.07) is 9.16. The fraction of sp³-hybridized carbons (Fsp3) is 0.500. The van der Waals surface area contributed by atoms with Crippen LogP contribution in [0.15, 0.2) is 43.0 Å². The van der Waals surface area contributed by atoms with Crippen LogP contribution in [0.3, 0.4) is 0 Å². The summed E-state index contributed by atoms with van der Waals surface area (Å²) in [5, 5.41) is 0. The Balaban J connectivity index is 2.48. The third kappa shape index (κ3) is 3.35. The van der Waals surface area contributed by atoms with Gasteiger partial charge >= 0.3 is 5.97 Å². The van der Waals surface area contributed by atoms with Gasteiger partial charge in [0.25, 0.3) is 0 Å². The van der Waals surface area contributed by atoms with E-state index in [1.54, 1.807) is 6.08 Å². The first-order valence-electron chi connectivity index (χ1n) is 9.63. The smallest absolute Gasteiger partial charge is 0.306 e. The van der Waals surface area contributed by atoms with Crippen LogP contribution < -0.4 is 0 Å². The van der Waals surface area contributed by atoms with Gasteiger partial charge in [0.1, 0.15) is 5.60 Å². The summed E-state index contributed by atoms with van der Waals surface area (Å²) in [5.41, 5.74) is -0.341. The molecule has 1 fully saturated rings. The van der Waals surface area contributed by atoms with Gasteiger partial charge in [0.15, 0.2) is 0 Å². The minimum atomic E-state index is -3.10. The van der Waals surface area contributed by atoms with Gasteiger partial charge in [0.2, 0.25) is 0 Å². The number of likely N-dealkylation sites (tertiary alicyclic amines) is 1. The molecule has 1 aliphatic heterocycles. The Morgan fingerprint density at radius 3 is 3.05 bits per heavy atom. The Kier molecular flexibility index (Phi) is 3.34. The van der Waals surface area contributed by atoms with E-state index >= 15 is 0 Å². The molecule has 1 saturated heterocycles. The van der Waals surface area contributed by atoms with Crippen LogP contribution in [0.2, 0.25) is 0 Å². The molecule has 0 aromatic heterocycles. The summed E-state index contributed by atoms with van der Waals surface area (Å²) < 4.78 is 43.3. The van der Waals surface area contributed by atoms with Gasteiger partial charge in [-0.1, -0.05) is 43.3 Å². The first kappa shape index (κ1) is 10.2. The first-order chi connectivity index (χ1) is 12.0. The summed E-state index contributed by atoms with van der Waals surface area (Å²) in [6.45, 7) is 1.96. The van der Waals surface area contributed by atoms with Gasteiger partial charge in [-0.15, -0.1) is 6.58 Å². The second-order valence-corrected chi connectivity index (χ2v) is 5.50. The lowest BCUT2D eigenvalue weighted by Gasteiger charge is -2.46. The molecule has 3 nitrogen and oxygen atoms in total. The third-order valence-electron chi connectivity index (χ3n) is 4.15. The van der Waals surface area contributed by atoms with Crippen molar-refractivity contribution in [2.45, 2.75) is 31.7 Å². The maximum Gasteiger partial charge on any atom is 0.306 e. The normalized spacial score (nSPS) is 31.1. The fourth-order valence-electron chi connectivity index (χ4n) is 3.13. The van der Waals surface area contributed by atoms with Gasteiger partial charge in [-0.2, -0.15) is 0 Å². The van der Waals surface area contributed by atoms with Crippen LogP contribution in [0.5, 0.6) is 0 Å². The van der Waals surface area contributed by atoms with Gasteiger partial charge in [-0.3, -0.25) is 4.79 Å². The van der Waals surface area contributed by atoms with Crippen LogP contribution in [-0.4, -0.2) is 31.0 Å². The number of nitrogens with zero attached hydrogens (tertiary/aromatic N) is 1. The number of allylic oxidation sites excluding steroid dienone is 1. The highest BCUT2D eigenvalue weighted by Gasteiger charge is 2.46. The Labute approximate surface area is 134 Å². The standard InChI is InChI=1S/C18H25NO2/c1-4-9-16-14-19(3)13-12-18(16,21-17(20)5-2)15-10-7-6-8-11-15/h4,6-8,10-11,16H,1,5,9,12-14H2,2-3H3/i2D3,5D2. The number of ether oxygens (including phenoxy) is 1. The predicted molar refractivity (Wildman–Crippen MR) is 84.9 cm³/mol. The average Bonchev–Trinajstić information content (AvgIpc) is 2.57. The molecule has 0 spiro atoms. The molecule has 0 amide bonds. The van der Waals surface area contributed by atoms with Gasteiger partial charge in [0, 0.05) is 38.7 Å². The van der Waals surface area contributed by atoms with Crippen molar-refractivity contribution in [3.63, 3.8) is 0 Å². The number of esters is 1. The SMILES string of the molecule is [2H]C([2H])([2H])C([2H])([2H])C(=O)OC1(c2ccccc2)CCN(C)CC1CC=C. The van der Waals surface area contributed by atoms with Crippen molar-refractivity contribution in [1.29, 1.82) is 0 Å². The third-order valence-corrected chi connectivity index (χ3v) is 4.15. The summed E-state index contributed by atoms with van der Waals surface area (Å²) in [4.78, 5) is 14.7. The second kappa shape index (κ2) is 6.90. The molecule has 2 rings (SSSR count). The van der Waals surface area contributed by atoms with E-state index in [4.69, 9.17) is 11.6 Å². The number of rotatable bonds is 5. The quantitative estimate of drug-likeness (QED) is 0.615. The topological polar surface area (TPSA) is 29.5 Å². The lowest BCUT2D eigenvalue weighted by Crippen LogP contribution is -2.51. The summed E-state index contributed by atoms with van der Waals surface area (Å²) in [5.74, 6) is -1.50. The monoisotopic (exact) mass is 292 g/mol. The van der Waals surface area contributed by atoms with Crippen LogP contribution >= 0.6 is 0 Å². The predicted octanol–water partition coefficient (Wildman–Crippen LogP) is 3.36. The fourth-order valence-corrected chi connectivity index (χ4v) is 3.13. The zero-order valence-electron chi connectivity index (χ0n) is 17.3. The maximum atomic E-state index is 12.6. The Morgan fingerprint density at radius 2 is 2.38 bits per heavy atom. The van der Waals surface area contributed by atoms with E-state index in [2.05, 4.69) is 11.5 Å². The second-order valence-electron chi connectivity index (χ2n) is 5.50. The Hall–Kier alpha value is -1.61. The largest absolute Gasteiger partial charge is 0.454 e. The highest BCUT2D eigenvalue weighted by molar-refractivity contribution is 5.69. The molecule has 1 heterocycles. The molecule has 1 aliphatic rings. The number of carbonyl (C=O) groups is 1. The molecule has 0 bridgehead atoms. The molecule has 0 N–H and O–H groups in total. The zero-order valence-corrected chi connectivity index (χ0v) is 12.3. The highest BCUT2D eigenvalue weighted by Crippen LogP contribution is 2.42. The number of piperidine rings is 1. The van der Waals surface area contributed by atoms with Crippen LogP contribution in [0, 0.1) is 5.92 Å². The zero-order chi connectivity index (χ0) is 19.6. The Bertz CT molecular complexity index is 647. The van der Waals surface area contributed by atoms with E-state index in [0.717, 1.165) is 5.56 Å².